The van der Waals surface area contributed by atoms with Gasteiger partial charge in [0.15, 0.2) is 0 Å². The van der Waals surface area contributed by atoms with E-state index in [-0.39, 0.29) is 34.8 Å². The van der Waals surface area contributed by atoms with Crippen molar-refractivity contribution >= 4 is 22.4 Å². The minimum atomic E-state index is -4.48. The number of sulfonamides is 1. The molecule has 1 saturated heterocycles. The Labute approximate surface area is 146 Å². The Morgan fingerprint density at radius 1 is 1.25 bits per heavy atom. The first-order valence-corrected chi connectivity index (χ1v) is 8.91. The molecular formula is C15H22ClF3N2O2S. The van der Waals surface area contributed by atoms with Crippen molar-refractivity contribution in [3.8, 4) is 0 Å². The van der Waals surface area contributed by atoms with Gasteiger partial charge in [-0.3, -0.25) is 0 Å². The lowest BCUT2D eigenvalue weighted by atomic mass is 9.92. The lowest BCUT2D eigenvalue weighted by Crippen LogP contribution is -2.42. The number of rotatable bonds is 3. The van der Waals surface area contributed by atoms with Crippen LogP contribution in [0.25, 0.3) is 0 Å². The number of hydrogen-bond donors (Lipinski definition) is 1. The van der Waals surface area contributed by atoms with E-state index in [9.17, 15) is 21.6 Å². The van der Waals surface area contributed by atoms with Gasteiger partial charge in [0.1, 0.15) is 0 Å². The average Bonchev–Trinajstić information content (AvgIpc) is 2.46. The zero-order chi connectivity index (χ0) is 17.4. The van der Waals surface area contributed by atoms with Crippen LogP contribution in [-0.2, 0) is 16.2 Å². The Morgan fingerprint density at radius 3 is 2.21 bits per heavy atom. The molecule has 1 aliphatic heterocycles. The SMILES string of the molecule is Cc1cc(C(F)(F)F)ccc1S(=O)(=O)N1CCC(C(C)N)CC1.Cl. The summed E-state index contributed by atoms with van der Waals surface area (Å²) in [7, 11) is -3.78. The highest BCUT2D eigenvalue weighted by Crippen LogP contribution is 2.33. The zero-order valence-corrected chi connectivity index (χ0v) is 15.1. The van der Waals surface area contributed by atoms with Crippen LogP contribution in [-0.4, -0.2) is 31.9 Å². The van der Waals surface area contributed by atoms with E-state index in [1.54, 1.807) is 0 Å². The lowest BCUT2D eigenvalue weighted by molar-refractivity contribution is -0.137. The van der Waals surface area contributed by atoms with Crippen molar-refractivity contribution in [2.24, 2.45) is 11.7 Å². The molecule has 1 aromatic rings. The van der Waals surface area contributed by atoms with E-state index in [1.165, 1.54) is 11.2 Å². The molecule has 0 bridgehead atoms. The summed E-state index contributed by atoms with van der Waals surface area (Å²) in [5, 5.41) is 0. The van der Waals surface area contributed by atoms with Gasteiger partial charge in [-0.05, 0) is 56.4 Å². The molecule has 0 spiro atoms. The number of benzene rings is 1. The van der Waals surface area contributed by atoms with Crippen LogP contribution in [0.3, 0.4) is 0 Å². The summed E-state index contributed by atoms with van der Waals surface area (Å²) in [6, 6.07) is 2.74. The van der Waals surface area contributed by atoms with Crippen molar-refractivity contribution in [2.45, 2.75) is 43.8 Å². The molecule has 24 heavy (non-hydrogen) atoms. The second kappa shape index (κ2) is 7.59. The van der Waals surface area contributed by atoms with E-state index < -0.39 is 21.8 Å². The number of halogens is 4. The highest BCUT2D eigenvalue weighted by molar-refractivity contribution is 7.89. The third-order valence-corrected chi connectivity index (χ3v) is 6.42. The van der Waals surface area contributed by atoms with Crippen LogP contribution in [0.2, 0.25) is 0 Å². The number of nitrogens with zero attached hydrogens (tertiary/aromatic N) is 1. The summed E-state index contributed by atoms with van der Waals surface area (Å²) in [4.78, 5) is -0.0650. The van der Waals surface area contributed by atoms with Gasteiger partial charge in [-0.15, -0.1) is 12.4 Å². The van der Waals surface area contributed by atoms with Crippen molar-refractivity contribution in [3.05, 3.63) is 29.3 Å². The molecule has 4 nitrogen and oxygen atoms in total. The number of nitrogens with two attached hydrogens (primary N) is 1. The maximum Gasteiger partial charge on any atom is 0.416 e. The summed E-state index contributed by atoms with van der Waals surface area (Å²) < 4.78 is 64.7. The van der Waals surface area contributed by atoms with Gasteiger partial charge in [0, 0.05) is 19.1 Å². The van der Waals surface area contributed by atoms with Gasteiger partial charge >= 0.3 is 6.18 Å². The summed E-state index contributed by atoms with van der Waals surface area (Å²) in [5.74, 6) is 0.273. The lowest BCUT2D eigenvalue weighted by Gasteiger charge is -2.33. The maximum absolute atomic E-state index is 12.7. The van der Waals surface area contributed by atoms with Gasteiger partial charge in [0.25, 0.3) is 0 Å². The first-order chi connectivity index (χ1) is 10.5. The van der Waals surface area contributed by atoms with Crippen LogP contribution in [0.15, 0.2) is 23.1 Å². The smallest absolute Gasteiger partial charge is 0.328 e. The average molecular weight is 387 g/mol. The summed E-state index contributed by atoms with van der Waals surface area (Å²) in [5.41, 5.74) is 5.10. The van der Waals surface area contributed by atoms with Crippen LogP contribution in [0.1, 0.15) is 30.9 Å². The first kappa shape index (κ1) is 21.2. The van der Waals surface area contributed by atoms with E-state index in [0.717, 1.165) is 18.2 Å². The number of aryl methyl sites for hydroxylation is 1. The normalized spacial score (nSPS) is 18.9. The first-order valence-electron chi connectivity index (χ1n) is 7.47. The molecule has 1 unspecified atom stereocenters. The molecule has 1 atom stereocenters. The largest absolute Gasteiger partial charge is 0.416 e. The molecular weight excluding hydrogens is 365 g/mol. The van der Waals surface area contributed by atoms with Gasteiger partial charge in [-0.1, -0.05) is 0 Å². The molecule has 2 rings (SSSR count). The van der Waals surface area contributed by atoms with Crippen molar-refractivity contribution in [1.29, 1.82) is 0 Å². The van der Waals surface area contributed by atoms with Crippen molar-refractivity contribution < 1.29 is 21.6 Å². The Hall–Kier alpha value is -0.830. The summed E-state index contributed by atoms with van der Waals surface area (Å²) in [6.45, 7) is 3.97. The number of hydrogen-bond acceptors (Lipinski definition) is 3. The molecule has 0 aromatic heterocycles. The van der Waals surface area contributed by atoms with E-state index in [0.29, 0.717) is 25.9 Å². The summed E-state index contributed by atoms with van der Waals surface area (Å²) >= 11 is 0. The second-order valence-corrected chi connectivity index (χ2v) is 7.99. The molecule has 1 heterocycles. The number of piperidine rings is 1. The third kappa shape index (κ3) is 4.41. The Kier molecular flexibility index (Phi) is 6.71. The van der Waals surface area contributed by atoms with E-state index in [1.807, 2.05) is 6.92 Å². The molecule has 2 N–H and O–H groups in total. The molecule has 1 aliphatic rings. The minimum absolute atomic E-state index is 0. The minimum Gasteiger partial charge on any atom is -0.328 e. The molecule has 9 heteroatoms. The van der Waals surface area contributed by atoms with E-state index in [4.69, 9.17) is 5.73 Å². The molecule has 1 aromatic carbocycles. The maximum atomic E-state index is 12.7. The summed E-state index contributed by atoms with van der Waals surface area (Å²) in [6.07, 6.45) is -3.16. The van der Waals surface area contributed by atoms with Crippen molar-refractivity contribution in [1.82, 2.24) is 4.31 Å². The van der Waals surface area contributed by atoms with Gasteiger partial charge in [-0.2, -0.15) is 17.5 Å². The Morgan fingerprint density at radius 2 is 1.79 bits per heavy atom. The van der Waals surface area contributed by atoms with E-state index in [2.05, 4.69) is 0 Å². The fourth-order valence-corrected chi connectivity index (χ4v) is 4.57. The van der Waals surface area contributed by atoms with Gasteiger partial charge in [0.2, 0.25) is 10.0 Å². The quantitative estimate of drug-likeness (QED) is 0.867. The fraction of sp³-hybridized carbons (Fsp3) is 0.600. The van der Waals surface area contributed by atoms with Crippen LogP contribution in [0.5, 0.6) is 0 Å². The van der Waals surface area contributed by atoms with Crippen molar-refractivity contribution in [3.63, 3.8) is 0 Å². The molecule has 0 saturated carbocycles. The fourth-order valence-electron chi connectivity index (χ4n) is 2.90. The highest BCUT2D eigenvalue weighted by Gasteiger charge is 2.34. The standard InChI is InChI=1S/C15H21F3N2O2S.ClH/c1-10-9-13(15(16,17)18)3-4-14(10)23(21,22)20-7-5-12(6-8-20)11(2)19;/h3-4,9,11-12H,5-8,19H2,1-2H3;1H. The highest BCUT2D eigenvalue weighted by atomic mass is 35.5. The van der Waals surface area contributed by atoms with Gasteiger partial charge < -0.3 is 5.73 Å². The molecule has 0 radical (unpaired) electrons. The third-order valence-electron chi connectivity index (χ3n) is 4.36. The zero-order valence-electron chi connectivity index (χ0n) is 13.5. The number of alkyl halides is 3. The van der Waals surface area contributed by atoms with E-state index >= 15 is 0 Å². The van der Waals surface area contributed by atoms with Crippen LogP contribution in [0.4, 0.5) is 13.2 Å². The van der Waals surface area contributed by atoms with Crippen LogP contribution >= 0.6 is 12.4 Å². The predicted molar refractivity (Wildman–Crippen MR) is 88.6 cm³/mol. The Bertz CT molecular complexity index is 670. The van der Waals surface area contributed by atoms with Crippen molar-refractivity contribution in [2.75, 3.05) is 13.1 Å². The molecule has 1 fully saturated rings. The van der Waals surface area contributed by atoms with Crippen LogP contribution in [0, 0.1) is 12.8 Å². The second-order valence-electron chi connectivity index (χ2n) is 6.08. The molecule has 0 amide bonds. The van der Waals surface area contributed by atoms with Gasteiger partial charge in [-0.25, -0.2) is 8.42 Å². The Balaban J connectivity index is 0.00000288. The monoisotopic (exact) mass is 386 g/mol. The van der Waals surface area contributed by atoms with Gasteiger partial charge in [0.05, 0.1) is 10.5 Å². The topological polar surface area (TPSA) is 63.4 Å². The molecule has 138 valence electrons. The predicted octanol–water partition coefficient (Wildman–Crippen LogP) is 3.18. The van der Waals surface area contributed by atoms with Crippen LogP contribution < -0.4 is 5.73 Å². The molecule has 0 aliphatic carbocycles.